The summed E-state index contributed by atoms with van der Waals surface area (Å²) in [5.41, 5.74) is 0.319. The van der Waals surface area contributed by atoms with E-state index in [2.05, 4.69) is 10.3 Å². The smallest absolute Gasteiger partial charge is 0.269 e. The van der Waals surface area contributed by atoms with E-state index >= 15 is 4.11 Å². The van der Waals surface area contributed by atoms with Crippen molar-refractivity contribution in [3.8, 4) is 0 Å². The average molecular weight is 554 g/mol. The van der Waals surface area contributed by atoms with Crippen LogP contribution in [0.4, 0.5) is 15.5 Å². The van der Waals surface area contributed by atoms with Crippen molar-refractivity contribution in [2.45, 2.75) is 56.1 Å². The fraction of sp³-hybridized carbons (Fsp3) is 0.444. The lowest BCUT2D eigenvalue weighted by Gasteiger charge is -2.30. The van der Waals surface area contributed by atoms with Crippen LogP contribution in [0.25, 0.3) is 0 Å². The number of rotatable bonds is 8. The monoisotopic (exact) mass is 553 g/mol. The number of fused-ring (bicyclic) bond motifs is 2. The summed E-state index contributed by atoms with van der Waals surface area (Å²) in [6.07, 6.45) is 1.53. The number of aromatic nitrogens is 3. The van der Waals surface area contributed by atoms with Crippen LogP contribution in [0.3, 0.4) is 0 Å². The normalized spacial score (nSPS) is 25.3. The maximum atomic E-state index is 15.9. The van der Waals surface area contributed by atoms with E-state index in [1.54, 1.807) is 37.1 Å². The summed E-state index contributed by atoms with van der Waals surface area (Å²) >= 11 is 0. The molecule has 1 N–H and O–H groups in total. The number of hydrogen-bond donors (Lipinski definition) is 1. The number of aliphatic hydroxyl groups is 1. The second-order valence-corrected chi connectivity index (χ2v) is 14.7. The Morgan fingerprint density at radius 2 is 1.97 bits per heavy atom. The molecule has 0 bridgehead atoms. The largest absolute Gasteiger partial charge is 0.395 e. The van der Waals surface area contributed by atoms with Crippen molar-refractivity contribution in [1.82, 2.24) is 15.0 Å². The zero-order valence-electron chi connectivity index (χ0n) is 22.3. The summed E-state index contributed by atoms with van der Waals surface area (Å²) < 4.78 is 24.1. The van der Waals surface area contributed by atoms with Gasteiger partial charge in [0.25, 0.3) is 11.6 Å². The maximum absolute atomic E-state index is 15.9. The number of halogens is 1. The zero-order valence-corrected chi connectivity index (χ0v) is 23.3. The quantitative estimate of drug-likeness (QED) is 0.192. The van der Waals surface area contributed by atoms with Crippen LogP contribution in [0.15, 0.2) is 54.7 Å². The molecule has 2 aliphatic heterocycles. The molecule has 3 aromatic rings. The lowest BCUT2D eigenvalue weighted by molar-refractivity contribution is -0.385. The second kappa shape index (κ2) is 9.92. The Morgan fingerprint density at radius 3 is 2.62 bits per heavy atom. The Bertz CT molecular complexity index is 1400. The molecule has 1 fully saturated rings. The highest BCUT2D eigenvalue weighted by atomic mass is 28.4. The van der Waals surface area contributed by atoms with Crippen LogP contribution in [0.5, 0.6) is 0 Å². The van der Waals surface area contributed by atoms with E-state index in [1.165, 1.54) is 17.0 Å². The van der Waals surface area contributed by atoms with Gasteiger partial charge in [-0.2, -0.15) is 0 Å². The van der Waals surface area contributed by atoms with Gasteiger partial charge in [-0.25, -0.2) is 0 Å². The number of nitrogens with zero attached hydrogens (tertiary/aromatic N) is 5. The Hall–Kier alpha value is -3.48. The highest BCUT2D eigenvalue weighted by Gasteiger charge is 2.66. The number of anilines is 1. The number of carbonyl (C=O) groups is 1. The van der Waals surface area contributed by atoms with Crippen LogP contribution in [-0.4, -0.2) is 59.1 Å². The first-order valence-corrected chi connectivity index (χ1v) is 15.9. The number of benzene rings is 2. The molecule has 1 amide bonds. The van der Waals surface area contributed by atoms with Crippen molar-refractivity contribution >= 4 is 25.7 Å². The molecule has 0 saturated carbocycles. The molecule has 3 heterocycles. The summed E-state index contributed by atoms with van der Waals surface area (Å²) in [6, 6.07) is 13.8. The zero-order chi connectivity index (χ0) is 28.1. The summed E-state index contributed by atoms with van der Waals surface area (Å²) in [7, 11) is -1.75. The summed E-state index contributed by atoms with van der Waals surface area (Å²) in [5.74, 6) is -1.20. The number of likely N-dealkylation sites (N-methyl/N-ethyl adjacent to an activating group) is 1. The van der Waals surface area contributed by atoms with Gasteiger partial charge < -0.3 is 18.9 Å². The lowest BCUT2D eigenvalue weighted by Crippen LogP contribution is -2.44. The topological polar surface area (TPSA) is 124 Å². The van der Waals surface area contributed by atoms with Gasteiger partial charge in [0.15, 0.2) is 5.60 Å². The molecule has 10 nitrogen and oxygen atoms in total. The predicted octanol–water partition coefficient (Wildman–Crippen LogP) is 4.15. The molecule has 1 unspecified atom stereocenters. The van der Waals surface area contributed by atoms with Gasteiger partial charge in [-0.15, -0.1) is 5.10 Å². The molecule has 5 atom stereocenters. The van der Waals surface area contributed by atoms with Gasteiger partial charge in [0, 0.05) is 48.9 Å². The van der Waals surface area contributed by atoms with Crippen LogP contribution in [0.2, 0.25) is 18.6 Å². The van der Waals surface area contributed by atoms with Crippen molar-refractivity contribution in [3.63, 3.8) is 0 Å². The van der Waals surface area contributed by atoms with Crippen LogP contribution < -0.4 is 4.90 Å². The van der Waals surface area contributed by atoms with Crippen molar-refractivity contribution < 1.29 is 23.7 Å². The van der Waals surface area contributed by atoms with E-state index in [1.807, 2.05) is 37.3 Å². The third kappa shape index (κ3) is 4.45. The van der Waals surface area contributed by atoms with Crippen LogP contribution in [0, 0.1) is 16.0 Å². The van der Waals surface area contributed by atoms with Gasteiger partial charge >= 0.3 is 0 Å². The van der Waals surface area contributed by atoms with Crippen LogP contribution in [-0.2, 0) is 21.7 Å². The van der Waals surface area contributed by atoms with Crippen molar-refractivity contribution in [3.05, 3.63) is 81.7 Å². The highest BCUT2D eigenvalue weighted by Crippen LogP contribution is 2.60. The molecule has 2 aromatic carbocycles. The Labute approximate surface area is 226 Å². The predicted molar refractivity (Wildman–Crippen MR) is 145 cm³/mol. The number of amides is 1. The molecule has 5 rings (SSSR count). The van der Waals surface area contributed by atoms with Crippen LogP contribution in [0.1, 0.15) is 36.1 Å². The van der Waals surface area contributed by atoms with E-state index in [-0.39, 0.29) is 24.1 Å². The molecule has 1 aromatic heterocycles. The lowest BCUT2D eigenvalue weighted by atomic mass is 9.82. The average Bonchev–Trinajstić information content (AvgIpc) is 3.55. The van der Waals surface area contributed by atoms with E-state index in [0.29, 0.717) is 29.9 Å². The molecule has 39 heavy (non-hydrogen) atoms. The van der Waals surface area contributed by atoms with Gasteiger partial charge in [-0.05, 0) is 31.1 Å². The molecular formula is C27H32FN5O5Si. The summed E-state index contributed by atoms with van der Waals surface area (Å²) in [5, 5.41) is 30.0. The molecule has 0 radical (unpaired) electrons. The van der Waals surface area contributed by atoms with Gasteiger partial charge in [0.05, 0.1) is 34.9 Å². The van der Waals surface area contributed by atoms with E-state index in [9.17, 15) is 20.0 Å². The number of aliphatic hydroxyl groups excluding tert-OH is 1. The summed E-state index contributed by atoms with van der Waals surface area (Å²) in [4.78, 5) is 26.2. The number of ether oxygens (including phenoxy) is 1. The molecule has 2 aliphatic rings. The SMILES string of the molecule is C[C@@H]1[C@@H]([Si](C)(C)F)[C@H](CCn2cc(C(CO)c3ccccc3)nn2)O[C@@]12C(=O)N(C)c1ccc([N+](=O)[O-])cc12. The van der Waals surface area contributed by atoms with Crippen LogP contribution >= 0.6 is 0 Å². The fourth-order valence-corrected chi connectivity index (χ4v) is 8.96. The molecular weight excluding hydrogens is 521 g/mol. The third-order valence-corrected chi connectivity index (χ3v) is 10.7. The first-order valence-electron chi connectivity index (χ1n) is 13.0. The van der Waals surface area contributed by atoms with E-state index in [4.69, 9.17) is 4.74 Å². The molecule has 1 saturated heterocycles. The Kier molecular flexibility index (Phi) is 6.89. The highest BCUT2D eigenvalue weighted by molar-refractivity contribution is 6.72. The second-order valence-electron chi connectivity index (χ2n) is 10.9. The van der Waals surface area contributed by atoms with Crippen molar-refractivity contribution in [2.75, 3.05) is 18.6 Å². The molecule has 206 valence electrons. The van der Waals surface area contributed by atoms with Crippen molar-refractivity contribution in [2.24, 2.45) is 5.92 Å². The minimum absolute atomic E-state index is 0.126. The number of nitro groups is 1. The summed E-state index contributed by atoms with van der Waals surface area (Å²) in [6.45, 7) is 5.28. The van der Waals surface area contributed by atoms with Gasteiger partial charge in [-0.1, -0.05) is 42.5 Å². The number of non-ortho nitro benzene ring substituents is 1. The minimum Gasteiger partial charge on any atom is -0.395 e. The molecule has 0 aliphatic carbocycles. The number of hydrogen-bond acceptors (Lipinski definition) is 7. The molecule has 1 spiro atoms. The van der Waals surface area contributed by atoms with E-state index in [0.717, 1.165) is 5.56 Å². The number of carbonyl (C=O) groups excluding carboxylic acids is 1. The van der Waals surface area contributed by atoms with E-state index < -0.39 is 36.5 Å². The first kappa shape index (κ1) is 27.1. The third-order valence-electron chi connectivity index (χ3n) is 8.23. The standard InChI is InChI=1S/C27H32FN5O5Si/c1-17-25(39(3,4)28)24(12-13-32-15-22(29-30-32)20(16-34)18-8-6-5-7-9-18)38-27(17)21-14-19(33(36)37)10-11-23(21)31(2)26(27)35/h5-11,14-15,17,20,24-25,34H,12-13,16H2,1-4H3/t17-,20?,24+,25-,27+/m1/s1. The van der Waals surface area contributed by atoms with Gasteiger partial charge in [-0.3, -0.25) is 19.6 Å². The molecule has 12 heteroatoms. The first-order chi connectivity index (χ1) is 18.5. The Balaban J connectivity index is 1.44. The van der Waals surface area contributed by atoms with Gasteiger partial charge in [0.1, 0.15) is 0 Å². The number of nitro benzene ring substituents is 1. The van der Waals surface area contributed by atoms with Gasteiger partial charge in [0.2, 0.25) is 8.41 Å². The number of aryl methyl sites for hydroxylation is 1. The fourth-order valence-electron chi connectivity index (χ4n) is 6.42. The minimum atomic E-state index is -3.36. The van der Waals surface area contributed by atoms with Crippen molar-refractivity contribution in [1.29, 1.82) is 0 Å². The Morgan fingerprint density at radius 1 is 1.26 bits per heavy atom. The maximum Gasteiger partial charge on any atom is 0.269 e.